The van der Waals surface area contributed by atoms with Crippen LogP contribution < -0.4 is 4.72 Å². The van der Waals surface area contributed by atoms with Crippen molar-refractivity contribution in [3.63, 3.8) is 0 Å². The summed E-state index contributed by atoms with van der Waals surface area (Å²) >= 11 is 0. The highest BCUT2D eigenvalue weighted by Gasteiger charge is 2.18. The zero-order chi connectivity index (χ0) is 16.3. The monoisotopic (exact) mass is 323 g/mol. The van der Waals surface area contributed by atoms with Crippen molar-refractivity contribution in [3.05, 3.63) is 54.1 Å². The molecule has 0 aliphatic rings. The van der Waals surface area contributed by atoms with E-state index in [1.54, 1.807) is 14.0 Å². The second kappa shape index (κ2) is 6.10. The van der Waals surface area contributed by atoms with Crippen molar-refractivity contribution in [2.45, 2.75) is 11.8 Å². The number of carbonyl (C=O) groups is 1. The van der Waals surface area contributed by atoms with Gasteiger partial charge in [0.25, 0.3) is 15.9 Å². The van der Waals surface area contributed by atoms with Gasteiger partial charge in [0, 0.05) is 19.3 Å². The molecule has 0 saturated heterocycles. The molecule has 2 aromatic rings. The minimum Gasteiger partial charge on any atom is -0.274 e. The van der Waals surface area contributed by atoms with Gasteiger partial charge in [-0.3, -0.25) is 9.48 Å². The van der Waals surface area contributed by atoms with E-state index in [-0.39, 0.29) is 10.7 Å². The van der Waals surface area contributed by atoms with Gasteiger partial charge in [-0.15, -0.1) is 0 Å². The lowest BCUT2D eigenvalue weighted by Crippen LogP contribution is -2.29. The van der Waals surface area contributed by atoms with Crippen molar-refractivity contribution < 1.29 is 17.6 Å². The largest absolute Gasteiger partial charge is 0.274 e. The van der Waals surface area contributed by atoms with Crippen molar-refractivity contribution in [2.24, 2.45) is 7.05 Å². The molecule has 1 N–H and O–H groups in total. The van der Waals surface area contributed by atoms with Crippen molar-refractivity contribution in [3.8, 4) is 0 Å². The lowest BCUT2D eigenvalue weighted by Gasteiger charge is -2.04. The third-order valence-electron chi connectivity index (χ3n) is 2.87. The summed E-state index contributed by atoms with van der Waals surface area (Å²) < 4.78 is 40.0. The number of nitrogens with zero attached hydrogens (tertiary/aromatic N) is 2. The minimum atomic E-state index is -3.96. The van der Waals surface area contributed by atoms with Crippen molar-refractivity contribution in [2.75, 3.05) is 0 Å². The van der Waals surface area contributed by atoms with Gasteiger partial charge in [-0.1, -0.05) is 12.1 Å². The number of halogens is 1. The Kier molecular flexibility index (Phi) is 4.41. The lowest BCUT2D eigenvalue weighted by molar-refractivity contribution is -0.114. The first-order valence-electron chi connectivity index (χ1n) is 6.27. The molecule has 116 valence electrons. The first-order valence-corrected chi connectivity index (χ1v) is 7.76. The molecule has 0 saturated carbocycles. The number of hydrogen-bond acceptors (Lipinski definition) is 4. The molecule has 1 heterocycles. The van der Waals surface area contributed by atoms with E-state index >= 15 is 0 Å². The normalized spacial score (nSPS) is 12.2. The zero-order valence-corrected chi connectivity index (χ0v) is 12.8. The van der Waals surface area contributed by atoms with E-state index in [0.717, 1.165) is 12.3 Å². The van der Waals surface area contributed by atoms with Gasteiger partial charge in [0.05, 0.1) is 6.20 Å². The molecular formula is C14H14FN3O3S. The van der Waals surface area contributed by atoms with E-state index in [2.05, 4.69) is 5.10 Å². The highest BCUT2D eigenvalue weighted by molar-refractivity contribution is 7.90. The number of hydrogen-bond donors (Lipinski definition) is 1. The molecule has 1 aromatic carbocycles. The summed E-state index contributed by atoms with van der Waals surface area (Å²) in [4.78, 5) is 11.7. The number of nitrogens with one attached hydrogen (secondary N) is 1. The fraction of sp³-hybridized carbons (Fsp3) is 0.143. The summed E-state index contributed by atoms with van der Waals surface area (Å²) in [5, 5.41) is 3.74. The molecule has 0 unspecified atom stereocenters. The van der Waals surface area contributed by atoms with E-state index in [1.807, 2.05) is 4.72 Å². The molecule has 0 radical (unpaired) electrons. The van der Waals surface area contributed by atoms with Gasteiger partial charge in [0.2, 0.25) is 0 Å². The van der Waals surface area contributed by atoms with Crippen LogP contribution in [-0.4, -0.2) is 24.1 Å². The Morgan fingerprint density at radius 1 is 1.32 bits per heavy atom. The Balaban J connectivity index is 2.15. The Morgan fingerprint density at radius 3 is 2.50 bits per heavy atom. The van der Waals surface area contributed by atoms with Crippen molar-refractivity contribution in [1.82, 2.24) is 14.5 Å². The van der Waals surface area contributed by atoms with Crippen LogP contribution in [0.1, 0.15) is 12.5 Å². The maximum Gasteiger partial charge on any atom is 0.267 e. The number of aromatic nitrogens is 2. The maximum atomic E-state index is 12.8. The number of sulfonamides is 1. The zero-order valence-electron chi connectivity index (χ0n) is 11.9. The van der Waals surface area contributed by atoms with E-state index < -0.39 is 15.9 Å². The first kappa shape index (κ1) is 15.9. The molecule has 8 heteroatoms. The molecule has 0 spiro atoms. The molecule has 0 aliphatic heterocycles. The van der Waals surface area contributed by atoms with Crippen LogP contribution in [0.5, 0.6) is 0 Å². The standard InChI is InChI=1S/C14H14FN3O3S/c1-10(11-3-5-12(15)6-4-11)7-14(19)17-22(20,21)13-8-16-18(2)9-13/h3-9H,1-2H3,(H,17,19)/b10-7-. The number of allylic oxidation sites excluding steroid dienone is 1. The number of carbonyl (C=O) groups excluding carboxylic acids is 1. The second-order valence-corrected chi connectivity index (χ2v) is 6.34. The summed E-state index contributed by atoms with van der Waals surface area (Å²) in [6.07, 6.45) is 3.57. The summed E-state index contributed by atoms with van der Waals surface area (Å²) in [5.41, 5.74) is 1.13. The molecular weight excluding hydrogens is 309 g/mol. The molecule has 0 fully saturated rings. The van der Waals surface area contributed by atoms with Crippen molar-refractivity contribution >= 4 is 21.5 Å². The van der Waals surface area contributed by atoms with Gasteiger partial charge in [0.1, 0.15) is 10.7 Å². The number of aryl methyl sites for hydroxylation is 1. The summed E-state index contributed by atoms with van der Waals surface area (Å²) in [7, 11) is -2.39. The highest BCUT2D eigenvalue weighted by Crippen LogP contribution is 2.14. The van der Waals surface area contributed by atoms with E-state index in [4.69, 9.17) is 0 Å². The predicted octanol–water partition coefficient (Wildman–Crippen LogP) is 1.47. The van der Waals surface area contributed by atoms with Crippen LogP contribution in [0.15, 0.2) is 47.6 Å². The van der Waals surface area contributed by atoms with E-state index in [1.165, 1.54) is 35.1 Å². The van der Waals surface area contributed by atoms with Crippen LogP contribution in [0.25, 0.3) is 5.57 Å². The molecule has 1 amide bonds. The Bertz CT molecular complexity index is 823. The highest BCUT2D eigenvalue weighted by atomic mass is 32.2. The summed E-state index contributed by atoms with van der Waals surface area (Å²) in [5.74, 6) is -1.18. The SMILES string of the molecule is C/C(=C/C(=O)NS(=O)(=O)c1cnn(C)c1)c1ccc(F)cc1. The van der Waals surface area contributed by atoms with Crippen LogP contribution in [0, 0.1) is 5.82 Å². The first-order chi connectivity index (χ1) is 10.3. The van der Waals surface area contributed by atoms with Gasteiger partial charge < -0.3 is 0 Å². The van der Waals surface area contributed by atoms with Gasteiger partial charge in [-0.25, -0.2) is 17.5 Å². The number of rotatable bonds is 4. The van der Waals surface area contributed by atoms with Gasteiger partial charge >= 0.3 is 0 Å². The maximum absolute atomic E-state index is 12.8. The molecule has 1 aromatic heterocycles. The van der Waals surface area contributed by atoms with Crippen LogP contribution in [0.2, 0.25) is 0 Å². The molecule has 0 aliphatic carbocycles. The number of benzene rings is 1. The van der Waals surface area contributed by atoms with E-state index in [9.17, 15) is 17.6 Å². The third-order valence-corrected chi connectivity index (χ3v) is 4.17. The molecule has 6 nitrogen and oxygen atoms in total. The fourth-order valence-corrected chi connectivity index (χ4v) is 2.67. The molecule has 0 bridgehead atoms. The Morgan fingerprint density at radius 2 is 1.95 bits per heavy atom. The average Bonchev–Trinajstić information content (AvgIpc) is 2.86. The second-order valence-electron chi connectivity index (χ2n) is 4.65. The average molecular weight is 323 g/mol. The number of amides is 1. The van der Waals surface area contributed by atoms with E-state index in [0.29, 0.717) is 11.1 Å². The lowest BCUT2D eigenvalue weighted by atomic mass is 10.1. The van der Waals surface area contributed by atoms with Crippen LogP contribution >= 0.6 is 0 Å². The van der Waals surface area contributed by atoms with Crippen molar-refractivity contribution in [1.29, 1.82) is 0 Å². The Hall–Kier alpha value is -2.48. The summed E-state index contributed by atoms with van der Waals surface area (Å²) in [6, 6.07) is 5.53. The van der Waals surface area contributed by atoms with Gasteiger partial charge in [-0.05, 0) is 30.2 Å². The topological polar surface area (TPSA) is 81.1 Å². The molecule has 22 heavy (non-hydrogen) atoms. The summed E-state index contributed by atoms with van der Waals surface area (Å²) in [6.45, 7) is 1.63. The van der Waals surface area contributed by atoms with Crippen LogP contribution in [0.3, 0.4) is 0 Å². The predicted molar refractivity (Wildman–Crippen MR) is 78.6 cm³/mol. The quantitative estimate of drug-likeness (QED) is 0.864. The third kappa shape index (κ3) is 3.79. The van der Waals surface area contributed by atoms with Crippen LogP contribution in [-0.2, 0) is 21.9 Å². The smallest absolute Gasteiger partial charge is 0.267 e. The van der Waals surface area contributed by atoms with Crippen LogP contribution in [0.4, 0.5) is 4.39 Å². The minimum absolute atomic E-state index is 0.101. The molecule has 0 atom stereocenters. The van der Waals surface area contributed by atoms with Gasteiger partial charge in [0.15, 0.2) is 0 Å². The van der Waals surface area contributed by atoms with Gasteiger partial charge in [-0.2, -0.15) is 5.10 Å². The molecule has 2 rings (SSSR count). The fourth-order valence-electron chi connectivity index (χ4n) is 1.75. The Labute approximate surface area is 127 Å².